The van der Waals surface area contributed by atoms with Crippen LogP contribution in [0, 0.1) is 0 Å². The highest BCUT2D eigenvalue weighted by Gasteiger charge is 2.17. The number of anilines is 2. The summed E-state index contributed by atoms with van der Waals surface area (Å²) in [6, 6.07) is 15.5. The molecule has 0 unspecified atom stereocenters. The van der Waals surface area contributed by atoms with Gasteiger partial charge in [-0.25, -0.2) is 0 Å². The lowest BCUT2D eigenvalue weighted by Gasteiger charge is -2.22. The normalized spacial score (nSPS) is 15.3. The molecule has 0 atom stereocenters. The van der Waals surface area contributed by atoms with Crippen LogP contribution in [0.1, 0.15) is 53.9 Å². The number of nitrogen functional groups attached to an aromatic ring is 1. The average Bonchev–Trinajstić information content (AvgIpc) is 2.62. The lowest BCUT2D eigenvalue weighted by Crippen LogP contribution is -2.26. The summed E-state index contributed by atoms with van der Waals surface area (Å²) in [6.07, 6.45) is 6.56. The maximum absolute atomic E-state index is 12.6. The van der Waals surface area contributed by atoms with E-state index in [4.69, 9.17) is 5.73 Å². The van der Waals surface area contributed by atoms with Crippen molar-refractivity contribution in [3.63, 3.8) is 0 Å². The second kappa shape index (κ2) is 6.86. The number of carbonyl (C=O) groups excluding carboxylic acids is 1. The largest absolute Gasteiger partial charge is 0.399 e. The Kier molecular flexibility index (Phi) is 4.65. The zero-order chi connectivity index (χ0) is 16.2. The molecular weight excluding hydrogens is 284 g/mol. The Morgan fingerprint density at radius 1 is 0.957 bits per heavy atom. The van der Waals surface area contributed by atoms with Crippen LogP contribution in [0.4, 0.5) is 11.4 Å². The number of rotatable bonds is 3. The van der Waals surface area contributed by atoms with Crippen molar-refractivity contribution in [2.45, 2.75) is 38.0 Å². The van der Waals surface area contributed by atoms with Gasteiger partial charge in [-0.15, -0.1) is 0 Å². The third-order valence-electron chi connectivity index (χ3n) is 4.82. The molecule has 0 heterocycles. The number of amides is 1. The van der Waals surface area contributed by atoms with Crippen LogP contribution in [0.5, 0.6) is 0 Å². The topological polar surface area (TPSA) is 46.3 Å². The molecule has 2 aromatic rings. The molecule has 23 heavy (non-hydrogen) atoms. The van der Waals surface area contributed by atoms with Gasteiger partial charge in [-0.05, 0) is 60.7 Å². The first kappa shape index (κ1) is 15.6. The van der Waals surface area contributed by atoms with E-state index in [0.29, 0.717) is 11.6 Å². The Labute approximate surface area is 138 Å². The standard InChI is InChI=1S/C20H24N2O/c1-22(19-13-11-18(21)12-14-19)20(23)17-9-7-16(8-10-17)15-5-3-2-4-6-15/h7-15H,2-6,21H2,1H3. The van der Waals surface area contributed by atoms with Crippen LogP contribution < -0.4 is 10.6 Å². The van der Waals surface area contributed by atoms with Crippen LogP contribution in [-0.2, 0) is 0 Å². The maximum Gasteiger partial charge on any atom is 0.258 e. The van der Waals surface area contributed by atoms with E-state index in [1.54, 1.807) is 11.9 Å². The minimum Gasteiger partial charge on any atom is -0.399 e. The third kappa shape index (κ3) is 3.55. The molecule has 0 aromatic heterocycles. The summed E-state index contributed by atoms with van der Waals surface area (Å²) in [7, 11) is 1.79. The van der Waals surface area contributed by atoms with Gasteiger partial charge in [-0.2, -0.15) is 0 Å². The van der Waals surface area contributed by atoms with Gasteiger partial charge in [-0.1, -0.05) is 31.4 Å². The number of benzene rings is 2. The molecule has 0 radical (unpaired) electrons. The zero-order valence-corrected chi connectivity index (χ0v) is 13.7. The molecule has 3 rings (SSSR count). The van der Waals surface area contributed by atoms with Crippen LogP contribution in [0.15, 0.2) is 48.5 Å². The molecule has 1 aliphatic carbocycles. The Morgan fingerprint density at radius 3 is 2.17 bits per heavy atom. The highest BCUT2D eigenvalue weighted by atomic mass is 16.2. The van der Waals surface area contributed by atoms with E-state index in [1.807, 2.05) is 36.4 Å². The Morgan fingerprint density at radius 2 is 1.57 bits per heavy atom. The Bertz CT molecular complexity index is 655. The molecule has 0 saturated heterocycles. The van der Waals surface area contributed by atoms with Crippen molar-refractivity contribution in [2.24, 2.45) is 0 Å². The SMILES string of the molecule is CN(C(=O)c1ccc(C2CCCCC2)cc1)c1ccc(N)cc1. The number of hydrogen-bond donors (Lipinski definition) is 1. The van der Waals surface area contributed by atoms with Crippen LogP contribution in [0.3, 0.4) is 0 Å². The summed E-state index contributed by atoms with van der Waals surface area (Å²) in [4.78, 5) is 14.3. The molecular formula is C20H24N2O. The number of nitrogens with zero attached hydrogens (tertiary/aromatic N) is 1. The van der Waals surface area contributed by atoms with Gasteiger partial charge < -0.3 is 10.6 Å². The van der Waals surface area contributed by atoms with E-state index >= 15 is 0 Å². The van der Waals surface area contributed by atoms with Gasteiger partial charge in [0.2, 0.25) is 0 Å². The molecule has 0 bridgehead atoms. The highest BCUT2D eigenvalue weighted by Crippen LogP contribution is 2.32. The summed E-state index contributed by atoms with van der Waals surface area (Å²) in [6.45, 7) is 0. The fraction of sp³-hybridized carbons (Fsp3) is 0.350. The predicted octanol–water partition coefficient (Wildman–Crippen LogP) is 4.59. The fourth-order valence-electron chi connectivity index (χ4n) is 3.34. The molecule has 3 nitrogen and oxygen atoms in total. The van der Waals surface area contributed by atoms with Crippen LogP contribution >= 0.6 is 0 Å². The summed E-state index contributed by atoms with van der Waals surface area (Å²) in [5, 5.41) is 0. The van der Waals surface area contributed by atoms with Gasteiger partial charge in [0.05, 0.1) is 0 Å². The molecule has 3 heteroatoms. The van der Waals surface area contributed by atoms with E-state index in [0.717, 1.165) is 11.3 Å². The molecule has 1 amide bonds. The van der Waals surface area contributed by atoms with Gasteiger partial charge in [0.15, 0.2) is 0 Å². The number of hydrogen-bond acceptors (Lipinski definition) is 2. The Hall–Kier alpha value is -2.29. The van der Waals surface area contributed by atoms with Crippen LogP contribution in [-0.4, -0.2) is 13.0 Å². The lowest BCUT2D eigenvalue weighted by molar-refractivity contribution is 0.0993. The van der Waals surface area contributed by atoms with E-state index in [-0.39, 0.29) is 5.91 Å². The van der Waals surface area contributed by atoms with Crippen molar-refractivity contribution in [2.75, 3.05) is 17.7 Å². The minimum atomic E-state index is 0.00460. The van der Waals surface area contributed by atoms with Crippen molar-refractivity contribution in [1.29, 1.82) is 0 Å². The van der Waals surface area contributed by atoms with Gasteiger partial charge in [-0.3, -0.25) is 4.79 Å². The molecule has 2 N–H and O–H groups in total. The molecule has 1 aliphatic rings. The molecule has 0 spiro atoms. The highest BCUT2D eigenvalue weighted by molar-refractivity contribution is 6.05. The number of nitrogens with two attached hydrogens (primary N) is 1. The first-order valence-corrected chi connectivity index (χ1v) is 8.39. The van der Waals surface area contributed by atoms with Gasteiger partial charge in [0.1, 0.15) is 0 Å². The molecule has 1 saturated carbocycles. The predicted molar refractivity (Wildman–Crippen MR) is 95.9 cm³/mol. The second-order valence-electron chi connectivity index (χ2n) is 6.41. The molecule has 120 valence electrons. The average molecular weight is 308 g/mol. The first-order chi connectivity index (χ1) is 11.1. The van der Waals surface area contributed by atoms with E-state index in [2.05, 4.69) is 12.1 Å². The van der Waals surface area contributed by atoms with Crippen LogP contribution in [0.25, 0.3) is 0 Å². The minimum absolute atomic E-state index is 0.00460. The molecule has 1 fully saturated rings. The van der Waals surface area contributed by atoms with E-state index in [1.165, 1.54) is 37.7 Å². The summed E-state index contributed by atoms with van der Waals surface area (Å²) >= 11 is 0. The van der Waals surface area contributed by atoms with Crippen molar-refractivity contribution >= 4 is 17.3 Å². The van der Waals surface area contributed by atoms with Crippen molar-refractivity contribution in [3.8, 4) is 0 Å². The zero-order valence-electron chi connectivity index (χ0n) is 13.7. The van der Waals surface area contributed by atoms with Crippen molar-refractivity contribution in [1.82, 2.24) is 0 Å². The summed E-state index contributed by atoms with van der Waals surface area (Å²) in [5.41, 5.74) is 9.34. The smallest absolute Gasteiger partial charge is 0.258 e. The maximum atomic E-state index is 12.6. The second-order valence-corrected chi connectivity index (χ2v) is 6.41. The van der Waals surface area contributed by atoms with Crippen molar-refractivity contribution < 1.29 is 4.79 Å². The fourth-order valence-corrected chi connectivity index (χ4v) is 3.34. The molecule has 0 aliphatic heterocycles. The van der Waals surface area contributed by atoms with Gasteiger partial charge >= 0.3 is 0 Å². The quantitative estimate of drug-likeness (QED) is 0.843. The van der Waals surface area contributed by atoms with Crippen LogP contribution in [0.2, 0.25) is 0 Å². The monoisotopic (exact) mass is 308 g/mol. The first-order valence-electron chi connectivity index (χ1n) is 8.39. The van der Waals surface area contributed by atoms with E-state index < -0.39 is 0 Å². The lowest BCUT2D eigenvalue weighted by atomic mass is 9.84. The summed E-state index contributed by atoms with van der Waals surface area (Å²) < 4.78 is 0. The van der Waals surface area contributed by atoms with Gasteiger partial charge in [0, 0.05) is 24.0 Å². The Balaban J connectivity index is 1.73. The molecule has 2 aromatic carbocycles. The summed E-state index contributed by atoms with van der Waals surface area (Å²) in [5.74, 6) is 0.674. The number of carbonyl (C=O) groups is 1. The van der Waals surface area contributed by atoms with Gasteiger partial charge in [0.25, 0.3) is 5.91 Å². The van der Waals surface area contributed by atoms with E-state index in [9.17, 15) is 4.79 Å². The van der Waals surface area contributed by atoms with Crippen molar-refractivity contribution in [3.05, 3.63) is 59.7 Å². The third-order valence-corrected chi connectivity index (χ3v) is 4.82.